The maximum atomic E-state index is 12.0. The van der Waals surface area contributed by atoms with Gasteiger partial charge in [0.2, 0.25) is 5.91 Å². The first-order chi connectivity index (χ1) is 11.2. The summed E-state index contributed by atoms with van der Waals surface area (Å²) >= 11 is 1.87. The molecule has 24 heavy (non-hydrogen) atoms. The largest absolute Gasteiger partial charge is 0.355 e. The molecule has 1 fully saturated rings. The first kappa shape index (κ1) is 19.1. The van der Waals surface area contributed by atoms with Crippen molar-refractivity contribution >= 4 is 40.8 Å². The maximum Gasteiger partial charge on any atom is 0.223 e. The number of nitrogens with one attached hydrogen (secondary N) is 1. The molecule has 0 aromatic heterocycles. The minimum atomic E-state index is 0. The van der Waals surface area contributed by atoms with Gasteiger partial charge in [0, 0.05) is 30.0 Å². The molecule has 2 atom stereocenters. The van der Waals surface area contributed by atoms with Crippen LogP contribution in [0.5, 0.6) is 0 Å². The van der Waals surface area contributed by atoms with E-state index in [-0.39, 0.29) is 30.3 Å². The highest BCUT2D eigenvalue weighted by Gasteiger charge is 2.27. The summed E-state index contributed by atoms with van der Waals surface area (Å²) in [6, 6.07) is 15.2. The number of thioether (sulfide) groups is 1. The van der Waals surface area contributed by atoms with Crippen LogP contribution in [0.1, 0.15) is 24.8 Å². The molecule has 0 aliphatic heterocycles. The lowest BCUT2D eigenvalue weighted by atomic mass is 10.1. The van der Waals surface area contributed by atoms with Crippen LogP contribution in [0.3, 0.4) is 0 Å². The Labute approximate surface area is 154 Å². The van der Waals surface area contributed by atoms with Gasteiger partial charge in [0.1, 0.15) is 0 Å². The summed E-state index contributed by atoms with van der Waals surface area (Å²) < 4.78 is 0. The van der Waals surface area contributed by atoms with Crippen molar-refractivity contribution in [2.75, 3.05) is 12.3 Å². The number of carbonyl (C=O) groups excluding carboxylic acids is 1. The number of hydrogen-bond donors (Lipinski definition) is 2. The molecule has 1 aliphatic rings. The van der Waals surface area contributed by atoms with Gasteiger partial charge in [-0.15, -0.1) is 12.4 Å². The lowest BCUT2D eigenvalue weighted by molar-refractivity contribution is -0.124. The molecular formula is C19H25ClN2OS. The standard InChI is InChI=1S/C19H24N2OS.ClH/c20-17-9-8-15(12-17)19(22)21-10-11-23-13-16-6-3-5-14-4-1-2-7-18(14)16;/h1-7,15,17H,8-13,20H2,(H,21,22);1H. The van der Waals surface area contributed by atoms with Gasteiger partial charge in [0.05, 0.1) is 0 Å². The molecule has 1 saturated carbocycles. The summed E-state index contributed by atoms with van der Waals surface area (Å²) in [4.78, 5) is 12.0. The van der Waals surface area contributed by atoms with Gasteiger partial charge in [0.15, 0.2) is 0 Å². The minimum absolute atomic E-state index is 0. The molecule has 2 unspecified atom stereocenters. The van der Waals surface area contributed by atoms with Crippen LogP contribution in [0.15, 0.2) is 42.5 Å². The highest BCUT2D eigenvalue weighted by molar-refractivity contribution is 7.98. The molecule has 2 aromatic carbocycles. The highest BCUT2D eigenvalue weighted by Crippen LogP contribution is 2.24. The molecule has 0 bridgehead atoms. The molecule has 0 saturated heterocycles. The van der Waals surface area contributed by atoms with Crippen molar-refractivity contribution < 1.29 is 4.79 Å². The fourth-order valence-corrected chi connectivity index (χ4v) is 4.11. The fraction of sp³-hybridized carbons (Fsp3) is 0.421. The van der Waals surface area contributed by atoms with Crippen molar-refractivity contribution in [2.24, 2.45) is 11.7 Å². The predicted octanol–water partition coefficient (Wildman–Crippen LogP) is 3.74. The minimum Gasteiger partial charge on any atom is -0.355 e. The molecular weight excluding hydrogens is 340 g/mol. The monoisotopic (exact) mass is 364 g/mol. The number of amides is 1. The Morgan fingerprint density at radius 1 is 1.17 bits per heavy atom. The van der Waals surface area contributed by atoms with E-state index in [2.05, 4.69) is 47.8 Å². The number of nitrogens with two attached hydrogens (primary N) is 1. The van der Waals surface area contributed by atoms with Gasteiger partial charge >= 0.3 is 0 Å². The van der Waals surface area contributed by atoms with Crippen LogP contribution in [0.25, 0.3) is 10.8 Å². The molecule has 0 radical (unpaired) electrons. The Balaban J connectivity index is 0.00000208. The molecule has 1 amide bonds. The van der Waals surface area contributed by atoms with Crippen LogP contribution in [-0.4, -0.2) is 24.2 Å². The van der Waals surface area contributed by atoms with Crippen LogP contribution < -0.4 is 11.1 Å². The Hall–Kier alpha value is -1.23. The molecule has 0 spiro atoms. The van der Waals surface area contributed by atoms with Crippen LogP contribution in [-0.2, 0) is 10.5 Å². The third kappa shape index (κ3) is 4.88. The summed E-state index contributed by atoms with van der Waals surface area (Å²) in [7, 11) is 0. The van der Waals surface area contributed by atoms with E-state index < -0.39 is 0 Å². The summed E-state index contributed by atoms with van der Waals surface area (Å²) in [6.07, 6.45) is 2.76. The van der Waals surface area contributed by atoms with E-state index in [1.807, 2.05) is 11.8 Å². The SMILES string of the molecule is Cl.NC1CCC(C(=O)NCCSCc2cccc3ccccc23)C1. The van der Waals surface area contributed by atoms with Gasteiger partial charge < -0.3 is 11.1 Å². The molecule has 1 aliphatic carbocycles. The summed E-state index contributed by atoms with van der Waals surface area (Å²) in [5.41, 5.74) is 7.23. The normalized spacial score (nSPS) is 19.9. The zero-order chi connectivity index (χ0) is 16.1. The van der Waals surface area contributed by atoms with Crippen molar-refractivity contribution in [3.63, 3.8) is 0 Å². The lowest BCUT2D eigenvalue weighted by Gasteiger charge is -2.11. The average molecular weight is 365 g/mol. The molecule has 3 N–H and O–H groups in total. The average Bonchev–Trinajstić information content (AvgIpc) is 3.01. The van der Waals surface area contributed by atoms with Crippen LogP contribution in [0.2, 0.25) is 0 Å². The summed E-state index contributed by atoms with van der Waals surface area (Å²) in [5, 5.41) is 5.67. The molecule has 5 heteroatoms. The smallest absolute Gasteiger partial charge is 0.223 e. The summed E-state index contributed by atoms with van der Waals surface area (Å²) in [5.74, 6) is 2.23. The lowest BCUT2D eigenvalue weighted by Crippen LogP contribution is -2.32. The first-order valence-electron chi connectivity index (χ1n) is 8.31. The molecule has 0 heterocycles. The Morgan fingerprint density at radius 2 is 1.96 bits per heavy atom. The van der Waals surface area contributed by atoms with Crippen molar-refractivity contribution in [3.8, 4) is 0 Å². The second kappa shape index (κ2) is 9.30. The van der Waals surface area contributed by atoms with Gasteiger partial charge in [0.25, 0.3) is 0 Å². The predicted molar refractivity (Wildman–Crippen MR) is 106 cm³/mol. The molecule has 2 aromatic rings. The highest BCUT2D eigenvalue weighted by atomic mass is 35.5. The van der Waals surface area contributed by atoms with Gasteiger partial charge in [-0.05, 0) is 35.6 Å². The first-order valence-corrected chi connectivity index (χ1v) is 9.47. The zero-order valence-electron chi connectivity index (χ0n) is 13.7. The van der Waals surface area contributed by atoms with Crippen molar-refractivity contribution in [1.29, 1.82) is 0 Å². The van der Waals surface area contributed by atoms with Gasteiger partial charge in [-0.1, -0.05) is 42.5 Å². The summed E-state index contributed by atoms with van der Waals surface area (Å²) in [6.45, 7) is 0.736. The van der Waals surface area contributed by atoms with Crippen molar-refractivity contribution in [3.05, 3.63) is 48.0 Å². The van der Waals surface area contributed by atoms with E-state index >= 15 is 0 Å². The number of carbonyl (C=O) groups is 1. The van der Waals surface area contributed by atoms with Crippen LogP contribution >= 0.6 is 24.2 Å². The Kier molecular flexibility index (Phi) is 7.40. The van der Waals surface area contributed by atoms with Crippen molar-refractivity contribution in [2.45, 2.75) is 31.1 Å². The van der Waals surface area contributed by atoms with E-state index in [9.17, 15) is 4.79 Å². The third-order valence-electron chi connectivity index (χ3n) is 4.53. The Morgan fingerprint density at radius 3 is 2.75 bits per heavy atom. The second-order valence-corrected chi connectivity index (χ2v) is 7.36. The maximum absolute atomic E-state index is 12.0. The topological polar surface area (TPSA) is 55.1 Å². The zero-order valence-corrected chi connectivity index (χ0v) is 15.4. The second-order valence-electron chi connectivity index (χ2n) is 6.25. The molecule has 3 nitrogen and oxygen atoms in total. The van der Waals surface area contributed by atoms with E-state index in [4.69, 9.17) is 5.73 Å². The number of hydrogen-bond acceptors (Lipinski definition) is 3. The van der Waals surface area contributed by atoms with E-state index in [1.165, 1.54) is 16.3 Å². The Bertz CT molecular complexity index is 674. The number of rotatable bonds is 6. The van der Waals surface area contributed by atoms with Crippen molar-refractivity contribution in [1.82, 2.24) is 5.32 Å². The van der Waals surface area contributed by atoms with Gasteiger partial charge in [-0.2, -0.15) is 11.8 Å². The van der Waals surface area contributed by atoms with Crippen LogP contribution in [0, 0.1) is 5.92 Å². The number of fused-ring (bicyclic) bond motifs is 1. The van der Waals surface area contributed by atoms with E-state index in [0.29, 0.717) is 0 Å². The third-order valence-corrected chi connectivity index (χ3v) is 5.54. The fourth-order valence-electron chi connectivity index (χ4n) is 3.25. The van der Waals surface area contributed by atoms with E-state index in [1.54, 1.807) is 0 Å². The van der Waals surface area contributed by atoms with Gasteiger partial charge in [-0.25, -0.2) is 0 Å². The number of halogens is 1. The van der Waals surface area contributed by atoms with Crippen LogP contribution in [0.4, 0.5) is 0 Å². The number of benzene rings is 2. The van der Waals surface area contributed by atoms with Gasteiger partial charge in [-0.3, -0.25) is 4.79 Å². The molecule has 3 rings (SSSR count). The quantitative estimate of drug-likeness (QED) is 0.768. The molecule has 130 valence electrons. The van der Waals surface area contributed by atoms with E-state index in [0.717, 1.165) is 37.3 Å².